The van der Waals surface area contributed by atoms with Crippen molar-refractivity contribution in [3.8, 4) is 0 Å². The van der Waals surface area contributed by atoms with E-state index in [-0.39, 0.29) is 41.7 Å². The Balaban J connectivity index is 0.00000225. The standard InChI is InChI=1S/C11H14O4.Na/c1-6(2)9-8(11(14)15)4-3-7(5-12)10(9)13;/h3-4,10,12-13H,5H2,1-2H3,(H,14,15);/q;+1/p-1. The van der Waals surface area contributed by atoms with Gasteiger partial charge in [-0.2, -0.15) is 0 Å². The van der Waals surface area contributed by atoms with Crippen molar-refractivity contribution >= 4 is 5.97 Å². The maximum absolute atomic E-state index is 10.8. The number of aliphatic carboxylic acids is 1. The van der Waals surface area contributed by atoms with Gasteiger partial charge in [0, 0.05) is 5.57 Å². The van der Waals surface area contributed by atoms with Gasteiger partial charge >= 0.3 is 29.6 Å². The number of aliphatic hydroxyl groups excluding tert-OH is 2. The number of hydrogen-bond donors (Lipinski definition) is 2. The average Bonchev–Trinajstić information content (AvgIpc) is 2.16. The van der Waals surface area contributed by atoms with Crippen molar-refractivity contribution in [2.75, 3.05) is 6.61 Å². The smallest absolute Gasteiger partial charge is 0.545 e. The first-order valence-electron chi connectivity index (χ1n) is 4.57. The van der Waals surface area contributed by atoms with Crippen molar-refractivity contribution in [3.63, 3.8) is 0 Å². The van der Waals surface area contributed by atoms with Gasteiger partial charge in [-0.25, -0.2) is 0 Å². The molecule has 0 bridgehead atoms. The largest absolute Gasteiger partial charge is 1.00 e. The normalized spacial score (nSPS) is 19.5. The number of carbonyl (C=O) groups is 1. The zero-order valence-electron chi connectivity index (χ0n) is 9.65. The fourth-order valence-electron chi connectivity index (χ4n) is 1.56. The molecule has 2 N–H and O–H groups in total. The molecule has 0 fully saturated rings. The van der Waals surface area contributed by atoms with Crippen molar-refractivity contribution < 1.29 is 49.7 Å². The molecule has 1 atom stereocenters. The quantitative estimate of drug-likeness (QED) is 0.480. The molecule has 1 unspecified atom stereocenters. The van der Waals surface area contributed by atoms with Crippen LogP contribution in [0.5, 0.6) is 0 Å². The minimum atomic E-state index is -1.32. The predicted octanol–water partition coefficient (Wildman–Crippen LogP) is -3.70. The fourth-order valence-corrected chi connectivity index (χ4v) is 1.56. The summed E-state index contributed by atoms with van der Waals surface area (Å²) < 4.78 is 0. The van der Waals surface area contributed by atoms with E-state index in [9.17, 15) is 15.0 Å². The van der Waals surface area contributed by atoms with Crippen LogP contribution in [0.4, 0.5) is 0 Å². The molecule has 0 aromatic carbocycles. The number of carboxylic acids is 1. The topological polar surface area (TPSA) is 80.6 Å². The summed E-state index contributed by atoms with van der Waals surface area (Å²) in [4.78, 5) is 10.8. The Morgan fingerprint density at radius 2 is 2.00 bits per heavy atom. The molecule has 0 aromatic rings. The van der Waals surface area contributed by atoms with Gasteiger partial charge in [-0.05, 0) is 25.0 Å². The summed E-state index contributed by atoms with van der Waals surface area (Å²) in [6.45, 7) is 3.11. The first kappa shape index (κ1) is 15.6. The molecule has 0 radical (unpaired) electrons. The Kier molecular flexibility index (Phi) is 6.22. The van der Waals surface area contributed by atoms with E-state index in [0.717, 1.165) is 0 Å². The summed E-state index contributed by atoms with van der Waals surface area (Å²) in [6.07, 6.45) is 1.69. The van der Waals surface area contributed by atoms with Crippen LogP contribution in [0.25, 0.3) is 0 Å². The van der Waals surface area contributed by atoms with Gasteiger partial charge in [-0.15, -0.1) is 0 Å². The monoisotopic (exact) mass is 232 g/mol. The molecule has 16 heavy (non-hydrogen) atoms. The number of hydrogen-bond acceptors (Lipinski definition) is 4. The molecule has 0 aromatic heterocycles. The molecule has 0 saturated heterocycles. The summed E-state index contributed by atoms with van der Waals surface area (Å²) >= 11 is 0. The molecule has 1 aliphatic carbocycles. The molecule has 82 valence electrons. The number of carboxylic acid groups (broad SMARTS) is 1. The predicted molar refractivity (Wildman–Crippen MR) is 52.6 cm³/mol. The van der Waals surface area contributed by atoms with Crippen molar-refractivity contribution in [1.29, 1.82) is 0 Å². The van der Waals surface area contributed by atoms with Crippen LogP contribution in [0.1, 0.15) is 13.8 Å². The molecule has 0 spiro atoms. The summed E-state index contributed by atoms with van der Waals surface area (Å²) in [5.74, 6) is -1.32. The van der Waals surface area contributed by atoms with Crippen molar-refractivity contribution in [2.45, 2.75) is 20.0 Å². The van der Waals surface area contributed by atoms with Crippen LogP contribution in [-0.4, -0.2) is 28.9 Å². The van der Waals surface area contributed by atoms with Crippen molar-refractivity contribution in [3.05, 3.63) is 34.4 Å². The average molecular weight is 232 g/mol. The molecule has 0 heterocycles. The van der Waals surface area contributed by atoms with Crippen molar-refractivity contribution in [2.24, 2.45) is 0 Å². The fraction of sp³-hybridized carbons (Fsp3) is 0.364. The van der Waals surface area contributed by atoms with Gasteiger partial charge in [-0.1, -0.05) is 17.7 Å². The minimum Gasteiger partial charge on any atom is -0.545 e. The Hall–Kier alpha value is -0.390. The summed E-state index contributed by atoms with van der Waals surface area (Å²) in [5, 5.41) is 29.5. The molecule has 0 amide bonds. The SMILES string of the molecule is CC(C)=C1C(C(=O)[O-])=CC=C(CO)C1O.[Na+]. The van der Waals surface area contributed by atoms with E-state index in [1.807, 2.05) is 0 Å². The van der Waals surface area contributed by atoms with Gasteiger partial charge in [0.05, 0.1) is 12.6 Å². The third kappa shape index (κ3) is 3.06. The van der Waals surface area contributed by atoms with Gasteiger partial charge < -0.3 is 20.1 Å². The maximum atomic E-state index is 10.8. The van der Waals surface area contributed by atoms with Crippen molar-refractivity contribution in [1.82, 2.24) is 0 Å². The van der Waals surface area contributed by atoms with E-state index in [2.05, 4.69) is 0 Å². The number of carbonyl (C=O) groups excluding carboxylic acids is 1. The minimum absolute atomic E-state index is 0. The van der Waals surface area contributed by atoms with Gasteiger partial charge in [0.25, 0.3) is 0 Å². The molecule has 0 saturated carbocycles. The maximum Gasteiger partial charge on any atom is 1.00 e. The van der Waals surface area contributed by atoms with Gasteiger partial charge in [0.15, 0.2) is 0 Å². The molecule has 1 rings (SSSR count). The second-order valence-corrected chi connectivity index (χ2v) is 3.58. The zero-order chi connectivity index (χ0) is 11.6. The third-order valence-corrected chi connectivity index (χ3v) is 2.32. The van der Waals surface area contributed by atoms with Crippen LogP contribution in [0.15, 0.2) is 34.4 Å². The van der Waals surface area contributed by atoms with E-state index in [4.69, 9.17) is 5.11 Å². The molecule has 0 aliphatic heterocycles. The Morgan fingerprint density at radius 1 is 1.44 bits per heavy atom. The van der Waals surface area contributed by atoms with E-state index in [0.29, 0.717) is 16.7 Å². The van der Waals surface area contributed by atoms with E-state index in [1.54, 1.807) is 13.8 Å². The zero-order valence-corrected chi connectivity index (χ0v) is 11.7. The Labute approximate surface area is 116 Å². The molecule has 4 nitrogen and oxygen atoms in total. The summed E-state index contributed by atoms with van der Waals surface area (Å²) in [7, 11) is 0. The van der Waals surface area contributed by atoms with Crippen LogP contribution in [0.2, 0.25) is 0 Å². The molecule has 5 heteroatoms. The number of rotatable bonds is 2. The van der Waals surface area contributed by atoms with Crippen LogP contribution in [-0.2, 0) is 4.79 Å². The number of allylic oxidation sites excluding steroid dienone is 3. The second-order valence-electron chi connectivity index (χ2n) is 3.58. The number of aliphatic hydroxyl groups is 2. The van der Waals surface area contributed by atoms with Gasteiger partial charge in [0.1, 0.15) is 6.10 Å². The molecular weight excluding hydrogens is 219 g/mol. The Morgan fingerprint density at radius 3 is 2.38 bits per heavy atom. The van der Waals surface area contributed by atoms with Crippen LogP contribution in [0, 0.1) is 0 Å². The van der Waals surface area contributed by atoms with Gasteiger partial charge in [-0.3, -0.25) is 0 Å². The van der Waals surface area contributed by atoms with Crippen LogP contribution in [0.3, 0.4) is 0 Å². The van der Waals surface area contributed by atoms with E-state index < -0.39 is 12.1 Å². The Bertz CT molecular complexity index is 375. The molecule has 1 aliphatic rings. The van der Waals surface area contributed by atoms with Gasteiger partial charge in [0.2, 0.25) is 0 Å². The third-order valence-electron chi connectivity index (χ3n) is 2.32. The van der Waals surface area contributed by atoms with E-state index in [1.165, 1.54) is 12.2 Å². The van der Waals surface area contributed by atoms with E-state index >= 15 is 0 Å². The molecular formula is C11H13NaO4. The first-order valence-corrected chi connectivity index (χ1v) is 4.57. The summed E-state index contributed by atoms with van der Waals surface area (Å²) in [6, 6.07) is 0. The summed E-state index contributed by atoms with van der Waals surface area (Å²) in [5.41, 5.74) is 1.36. The second kappa shape index (κ2) is 6.37. The first-order chi connectivity index (χ1) is 6.99. The van der Waals surface area contributed by atoms with Crippen LogP contribution < -0.4 is 34.7 Å². The van der Waals surface area contributed by atoms with Crippen LogP contribution >= 0.6 is 0 Å².